The Morgan fingerprint density at radius 2 is 2.19 bits per heavy atom. The first kappa shape index (κ1) is 11.5. The van der Waals surface area contributed by atoms with Gasteiger partial charge in [0, 0.05) is 16.0 Å². The van der Waals surface area contributed by atoms with Crippen molar-refractivity contribution in [3.63, 3.8) is 0 Å². The van der Waals surface area contributed by atoms with Gasteiger partial charge in [-0.15, -0.1) is 11.3 Å². The first-order valence-corrected chi connectivity index (χ1v) is 6.52. The maximum Gasteiger partial charge on any atom is 0.133 e. The minimum atomic E-state index is 0.381. The fraction of sp³-hybridized carbons (Fsp3) is 0.333. The molecule has 1 N–H and O–H groups in total. The molecule has 0 fully saturated rings. The molecule has 2 aromatic heterocycles. The van der Waals surface area contributed by atoms with Gasteiger partial charge in [0.1, 0.15) is 4.64 Å². The van der Waals surface area contributed by atoms with Crippen LogP contribution in [-0.4, -0.2) is 9.97 Å². The van der Waals surface area contributed by atoms with Gasteiger partial charge in [-0.3, -0.25) is 0 Å². The summed E-state index contributed by atoms with van der Waals surface area (Å²) in [7, 11) is 0. The van der Waals surface area contributed by atoms with E-state index in [1.165, 1.54) is 10.4 Å². The Bertz CT molecular complexity index is 552. The molecular formula is C12H14N2S2. The van der Waals surface area contributed by atoms with E-state index in [2.05, 4.69) is 42.2 Å². The van der Waals surface area contributed by atoms with Crippen molar-refractivity contribution >= 4 is 23.6 Å². The van der Waals surface area contributed by atoms with Gasteiger partial charge in [-0.05, 0) is 24.3 Å². The van der Waals surface area contributed by atoms with Crippen molar-refractivity contribution in [2.45, 2.75) is 26.7 Å². The zero-order valence-electron chi connectivity index (χ0n) is 9.57. The Hall–Kier alpha value is -1.00. The van der Waals surface area contributed by atoms with Crippen LogP contribution in [0.1, 0.15) is 30.2 Å². The Kier molecular flexibility index (Phi) is 3.21. The third-order valence-corrected chi connectivity index (χ3v) is 3.77. The van der Waals surface area contributed by atoms with Crippen molar-refractivity contribution in [2.75, 3.05) is 0 Å². The number of thiophene rings is 1. The third kappa shape index (κ3) is 1.95. The van der Waals surface area contributed by atoms with Gasteiger partial charge in [-0.2, -0.15) is 0 Å². The molecule has 0 spiro atoms. The summed E-state index contributed by atoms with van der Waals surface area (Å²) < 4.78 is 0.703. The van der Waals surface area contributed by atoms with Gasteiger partial charge >= 0.3 is 0 Å². The number of aromatic nitrogens is 2. The molecule has 0 bridgehead atoms. The number of nitrogens with zero attached hydrogens (tertiary/aromatic N) is 1. The molecule has 0 aliphatic rings. The van der Waals surface area contributed by atoms with Crippen LogP contribution in [-0.2, 0) is 0 Å². The average molecular weight is 250 g/mol. The maximum atomic E-state index is 5.31. The average Bonchev–Trinajstić information content (AvgIpc) is 2.63. The van der Waals surface area contributed by atoms with E-state index >= 15 is 0 Å². The number of aromatic amines is 1. The van der Waals surface area contributed by atoms with Gasteiger partial charge in [0.15, 0.2) is 0 Å². The molecule has 84 valence electrons. The SMILES string of the molecule is Cc1sccc1-c1[nH]cnc(=S)c1C(C)C. The van der Waals surface area contributed by atoms with Crippen LogP contribution in [0, 0.1) is 11.6 Å². The highest BCUT2D eigenvalue weighted by Crippen LogP contribution is 2.31. The summed E-state index contributed by atoms with van der Waals surface area (Å²) in [6, 6.07) is 2.13. The molecule has 4 heteroatoms. The number of hydrogen-bond acceptors (Lipinski definition) is 3. The normalized spacial score (nSPS) is 11.0. The highest BCUT2D eigenvalue weighted by molar-refractivity contribution is 7.71. The number of H-pyrrole nitrogens is 1. The van der Waals surface area contributed by atoms with Crippen LogP contribution < -0.4 is 0 Å². The molecule has 2 nitrogen and oxygen atoms in total. The van der Waals surface area contributed by atoms with Gasteiger partial charge < -0.3 is 4.98 Å². The minimum Gasteiger partial charge on any atom is -0.345 e. The number of aryl methyl sites for hydroxylation is 1. The van der Waals surface area contributed by atoms with E-state index in [1.807, 2.05) is 0 Å². The summed E-state index contributed by atoms with van der Waals surface area (Å²) in [4.78, 5) is 8.70. The molecule has 0 atom stereocenters. The van der Waals surface area contributed by atoms with E-state index in [1.54, 1.807) is 17.7 Å². The van der Waals surface area contributed by atoms with Gasteiger partial charge in [0.25, 0.3) is 0 Å². The van der Waals surface area contributed by atoms with Crippen molar-refractivity contribution in [3.05, 3.63) is 32.9 Å². The number of nitrogens with one attached hydrogen (secondary N) is 1. The van der Waals surface area contributed by atoms with Crippen LogP contribution in [0.15, 0.2) is 17.8 Å². The maximum absolute atomic E-state index is 5.31. The van der Waals surface area contributed by atoms with Crippen molar-refractivity contribution < 1.29 is 0 Å². The van der Waals surface area contributed by atoms with Gasteiger partial charge in [-0.25, -0.2) is 4.98 Å². The second-order valence-corrected chi connectivity index (χ2v) is 5.55. The fourth-order valence-electron chi connectivity index (χ4n) is 1.81. The number of rotatable bonds is 2. The second kappa shape index (κ2) is 4.47. The second-order valence-electron chi connectivity index (χ2n) is 4.04. The third-order valence-electron chi connectivity index (χ3n) is 2.60. The monoisotopic (exact) mass is 250 g/mol. The van der Waals surface area contributed by atoms with Crippen molar-refractivity contribution in [2.24, 2.45) is 0 Å². The number of hydrogen-bond donors (Lipinski definition) is 1. The molecule has 0 aromatic carbocycles. The molecule has 2 heterocycles. The molecule has 0 aliphatic heterocycles. The van der Waals surface area contributed by atoms with E-state index in [0.29, 0.717) is 10.6 Å². The van der Waals surface area contributed by atoms with Gasteiger partial charge in [0.05, 0.1) is 12.0 Å². The molecule has 2 rings (SSSR count). The predicted octanol–water partition coefficient (Wildman–Crippen LogP) is 4.30. The molecule has 0 saturated heterocycles. The van der Waals surface area contributed by atoms with Gasteiger partial charge in [0.2, 0.25) is 0 Å². The molecule has 2 aromatic rings. The zero-order valence-corrected chi connectivity index (χ0v) is 11.2. The fourth-order valence-corrected chi connectivity index (χ4v) is 2.91. The topological polar surface area (TPSA) is 28.7 Å². The lowest BCUT2D eigenvalue weighted by Gasteiger charge is -2.11. The standard InChI is InChI=1S/C12H14N2S2/c1-7(2)10-11(13-6-14-12(10)15)9-4-5-16-8(9)3/h4-7H,1-3H3,(H,13,14,15). The molecule has 0 amide bonds. The highest BCUT2D eigenvalue weighted by atomic mass is 32.1. The zero-order chi connectivity index (χ0) is 11.7. The minimum absolute atomic E-state index is 0.381. The quantitative estimate of drug-likeness (QED) is 0.805. The van der Waals surface area contributed by atoms with Crippen LogP contribution in [0.2, 0.25) is 0 Å². The largest absolute Gasteiger partial charge is 0.345 e. The van der Waals surface area contributed by atoms with E-state index in [-0.39, 0.29) is 0 Å². The summed E-state index contributed by atoms with van der Waals surface area (Å²) >= 11 is 7.06. The van der Waals surface area contributed by atoms with Gasteiger partial charge in [-0.1, -0.05) is 26.1 Å². The summed E-state index contributed by atoms with van der Waals surface area (Å²) in [5.74, 6) is 0.381. The molecule has 0 saturated carbocycles. The lowest BCUT2D eigenvalue weighted by molar-refractivity contribution is 0.844. The lowest BCUT2D eigenvalue weighted by atomic mass is 9.99. The van der Waals surface area contributed by atoms with Crippen LogP contribution >= 0.6 is 23.6 Å². The lowest BCUT2D eigenvalue weighted by Crippen LogP contribution is -1.98. The Balaban J connectivity index is 2.71. The van der Waals surface area contributed by atoms with E-state index < -0.39 is 0 Å². The predicted molar refractivity (Wildman–Crippen MR) is 71.6 cm³/mol. The smallest absolute Gasteiger partial charge is 0.133 e. The van der Waals surface area contributed by atoms with Crippen molar-refractivity contribution in [3.8, 4) is 11.3 Å². The van der Waals surface area contributed by atoms with Crippen molar-refractivity contribution in [1.82, 2.24) is 9.97 Å². The van der Waals surface area contributed by atoms with Crippen LogP contribution in [0.25, 0.3) is 11.3 Å². The van der Waals surface area contributed by atoms with E-state index in [0.717, 1.165) is 11.3 Å². The Morgan fingerprint density at radius 3 is 2.75 bits per heavy atom. The summed E-state index contributed by atoms with van der Waals surface area (Å²) in [6.45, 7) is 6.42. The summed E-state index contributed by atoms with van der Waals surface area (Å²) in [5, 5.41) is 2.10. The highest BCUT2D eigenvalue weighted by Gasteiger charge is 2.13. The molecular weight excluding hydrogens is 236 g/mol. The molecule has 0 radical (unpaired) electrons. The van der Waals surface area contributed by atoms with Crippen LogP contribution in [0.4, 0.5) is 0 Å². The molecule has 16 heavy (non-hydrogen) atoms. The van der Waals surface area contributed by atoms with E-state index in [4.69, 9.17) is 12.2 Å². The molecule has 0 unspecified atom stereocenters. The molecule has 0 aliphatic carbocycles. The first-order chi connectivity index (χ1) is 7.61. The van der Waals surface area contributed by atoms with Crippen LogP contribution in [0.5, 0.6) is 0 Å². The Morgan fingerprint density at radius 1 is 1.44 bits per heavy atom. The first-order valence-electron chi connectivity index (χ1n) is 5.23. The summed E-state index contributed by atoms with van der Waals surface area (Å²) in [6.07, 6.45) is 1.68. The summed E-state index contributed by atoms with van der Waals surface area (Å²) in [5.41, 5.74) is 3.50. The van der Waals surface area contributed by atoms with Crippen molar-refractivity contribution in [1.29, 1.82) is 0 Å². The Labute approximate surface area is 104 Å². The van der Waals surface area contributed by atoms with E-state index in [9.17, 15) is 0 Å². The van der Waals surface area contributed by atoms with Crippen LogP contribution in [0.3, 0.4) is 0 Å².